The Morgan fingerprint density at radius 2 is 1.23 bits per heavy atom. The van der Waals surface area contributed by atoms with E-state index in [0.29, 0.717) is 0 Å². The van der Waals surface area contributed by atoms with E-state index < -0.39 is 0 Å². The van der Waals surface area contributed by atoms with Crippen molar-refractivity contribution in [1.82, 2.24) is 0 Å². The summed E-state index contributed by atoms with van der Waals surface area (Å²) in [5.41, 5.74) is 0. The highest BCUT2D eigenvalue weighted by atomic mass is 35.5. The van der Waals surface area contributed by atoms with Crippen molar-refractivity contribution >= 4 is 35.1 Å². The molecule has 0 aromatic heterocycles. The summed E-state index contributed by atoms with van der Waals surface area (Å²) in [5.74, 6) is -0.737. The minimum absolute atomic E-state index is 0.134. The van der Waals surface area contributed by atoms with Gasteiger partial charge in [0.25, 0.3) is 0 Å². The first-order valence-electron chi connectivity index (χ1n) is 3.43. The van der Waals surface area contributed by atoms with Crippen LogP contribution in [-0.2, 0) is 19.1 Å². The Morgan fingerprint density at radius 3 is 1.38 bits per heavy atom. The van der Waals surface area contributed by atoms with Crippen molar-refractivity contribution in [3.8, 4) is 0 Å². The van der Waals surface area contributed by atoms with E-state index in [1.165, 1.54) is 13.8 Å². The smallest absolute Gasteiger partial charge is 0.302 e. The topological polar surface area (TPSA) is 52.6 Å². The highest BCUT2D eigenvalue weighted by Crippen LogP contribution is 1.79. The van der Waals surface area contributed by atoms with Gasteiger partial charge in [-0.25, -0.2) is 0 Å². The second-order valence-corrected chi connectivity index (χ2v) is 2.59. The first-order chi connectivity index (χ1) is 6.04. The molecule has 0 saturated heterocycles. The maximum atomic E-state index is 10.1. The third kappa shape index (κ3) is 24.6. The number of hydrogen-bond acceptors (Lipinski definition) is 4. The number of alkyl halides is 2. The van der Waals surface area contributed by atoms with Gasteiger partial charge < -0.3 is 9.47 Å². The lowest BCUT2D eigenvalue weighted by Crippen LogP contribution is -2.09. The predicted molar refractivity (Wildman–Crippen MR) is 49.8 cm³/mol. The minimum Gasteiger partial charge on any atom is -0.462 e. The van der Waals surface area contributed by atoms with Gasteiger partial charge in [-0.1, -0.05) is 0 Å². The largest absolute Gasteiger partial charge is 0.462 e. The van der Waals surface area contributed by atoms with Crippen molar-refractivity contribution < 1.29 is 19.1 Å². The van der Waals surface area contributed by atoms with E-state index in [4.69, 9.17) is 23.2 Å². The average molecular weight is 231 g/mol. The van der Waals surface area contributed by atoms with Crippen LogP contribution < -0.4 is 0 Å². The van der Waals surface area contributed by atoms with E-state index >= 15 is 0 Å². The molecule has 0 aliphatic heterocycles. The molecule has 78 valence electrons. The number of rotatable bonds is 3. The molecule has 0 rings (SSSR count). The molecule has 0 N–H and O–H groups in total. The van der Waals surface area contributed by atoms with Crippen LogP contribution in [0.2, 0.25) is 0 Å². The number of esters is 2. The standard InChI is InChI=1S/C6H10O4.CH2Cl2/c1-5(7)9-3-4-10-6(2)8;2-1-3/h3-4H2,1-2H3;1H2. The second-order valence-electron chi connectivity index (χ2n) is 1.78. The van der Waals surface area contributed by atoms with Gasteiger partial charge in [0.15, 0.2) is 0 Å². The molecule has 0 aromatic rings. The van der Waals surface area contributed by atoms with Crippen LogP contribution in [0.3, 0.4) is 0 Å². The van der Waals surface area contributed by atoms with Gasteiger partial charge in [0.05, 0.1) is 5.34 Å². The van der Waals surface area contributed by atoms with E-state index in [-0.39, 0.29) is 30.5 Å². The van der Waals surface area contributed by atoms with E-state index in [1.54, 1.807) is 0 Å². The van der Waals surface area contributed by atoms with Gasteiger partial charge in [-0.3, -0.25) is 9.59 Å². The summed E-state index contributed by atoms with van der Waals surface area (Å²) >= 11 is 9.53. The third-order valence-electron chi connectivity index (χ3n) is 0.694. The zero-order chi connectivity index (χ0) is 10.7. The molecule has 4 nitrogen and oxygen atoms in total. The van der Waals surface area contributed by atoms with Gasteiger partial charge in [0.1, 0.15) is 13.2 Å². The minimum atomic E-state index is -0.368. The summed E-state index contributed by atoms with van der Waals surface area (Å²) in [6, 6.07) is 0. The Kier molecular flexibility index (Phi) is 13.3. The van der Waals surface area contributed by atoms with Crippen LogP contribution in [0.15, 0.2) is 0 Å². The summed E-state index contributed by atoms with van der Waals surface area (Å²) in [5, 5.41) is 0.194. The van der Waals surface area contributed by atoms with E-state index in [0.717, 1.165) is 0 Å². The van der Waals surface area contributed by atoms with Gasteiger partial charge in [-0.05, 0) is 0 Å². The molecule has 0 fully saturated rings. The molecule has 0 aliphatic carbocycles. The van der Waals surface area contributed by atoms with Crippen molar-refractivity contribution in [3.05, 3.63) is 0 Å². The Morgan fingerprint density at radius 1 is 1.00 bits per heavy atom. The Labute approximate surface area is 87.1 Å². The molecular formula is C7H12Cl2O4. The Bertz CT molecular complexity index is 133. The lowest BCUT2D eigenvalue weighted by Gasteiger charge is -2.00. The lowest BCUT2D eigenvalue weighted by atomic mass is 10.7. The first-order valence-corrected chi connectivity index (χ1v) is 4.50. The van der Waals surface area contributed by atoms with Gasteiger partial charge in [0.2, 0.25) is 0 Å². The first kappa shape index (κ1) is 15.0. The molecule has 0 unspecified atom stereocenters. The fourth-order valence-corrected chi connectivity index (χ4v) is 0.371. The van der Waals surface area contributed by atoms with E-state index in [2.05, 4.69) is 9.47 Å². The van der Waals surface area contributed by atoms with Crippen LogP contribution in [0, 0.1) is 0 Å². The summed E-state index contributed by atoms with van der Waals surface area (Å²) in [6.07, 6.45) is 0. The normalized spacial score (nSPS) is 8.00. The third-order valence-corrected chi connectivity index (χ3v) is 0.694. The average Bonchev–Trinajstić information content (AvgIpc) is 1.99. The maximum absolute atomic E-state index is 10.1. The van der Waals surface area contributed by atoms with Gasteiger partial charge >= 0.3 is 11.9 Å². The van der Waals surface area contributed by atoms with Gasteiger partial charge in [0, 0.05) is 13.8 Å². The summed E-state index contributed by atoms with van der Waals surface area (Å²) in [7, 11) is 0. The van der Waals surface area contributed by atoms with Crippen LogP contribution >= 0.6 is 23.2 Å². The zero-order valence-electron chi connectivity index (χ0n) is 7.51. The molecular weight excluding hydrogens is 219 g/mol. The van der Waals surface area contributed by atoms with Crippen molar-refractivity contribution in [2.75, 3.05) is 18.6 Å². The molecule has 0 amide bonds. The molecule has 0 bridgehead atoms. The highest BCUT2D eigenvalue weighted by Gasteiger charge is 1.94. The Hall–Kier alpha value is -0.480. The second kappa shape index (κ2) is 11.5. The molecule has 0 atom stereocenters. The SMILES string of the molecule is CC(=O)OCCOC(C)=O.ClCCl. The number of ether oxygens (including phenoxy) is 2. The van der Waals surface area contributed by atoms with Crippen molar-refractivity contribution in [2.45, 2.75) is 13.8 Å². The lowest BCUT2D eigenvalue weighted by molar-refractivity contribution is -0.149. The monoisotopic (exact) mass is 230 g/mol. The predicted octanol–water partition coefficient (Wildman–Crippen LogP) is 1.53. The summed E-state index contributed by atoms with van der Waals surface area (Å²) in [6.45, 7) is 2.87. The molecule has 6 heteroatoms. The molecule has 0 heterocycles. The van der Waals surface area contributed by atoms with Crippen LogP contribution in [0.25, 0.3) is 0 Å². The molecule has 0 saturated carbocycles. The maximum Gasteiger partial charge on any atom is 0.302 e. The van der Waals surface area contributed by atoms with Gasteiger partial charge in [-0.15, -0.1) is 23.2 Å². The van der Waals surface area contributed by atoms with Crippen molar-refractivity contribution in [1.29, 1.82) is 0 Å². The number of carbonyl (C=O) groups is 2. The number of hydrogen-bond donors (Lipinski definition) is 0. The molecule has 13 heavy (non-hydrogen) atoms. The van der Waals surface area contributed by atoms with Crippen LogP contribution in [0.4, 0.5) is 0 Å². The molecule has 0 aliphatic rings. The fraction of sp³-hybridized carbons (Fsp3) is 0.714. The number of carbonyl (C=O) groups excluding carboxylic acids is 2. The van der Waals surface area contributed by atoms with Crippen LogP contribution in [-0.4, -0.2) is 30.5 Å². The Balaban J connectivity index is 0. The quantitative estimate of drug-likeness (QED) is 0.420. The molecule has 0 spiro atoms. The molecule has 0 radical (unpaired) electrons. The van der Waals surface area contributed by atoms with Crippen LogP contribution in [0.1, 0.15) is 13.8 Å². The van der Waals surface area contributed by atoms with E-state index in [1.807, 2.05) is 0 Å². The molecule has 0 aromatic carbocycles. The number of halogens is 2. The fourth-order valence-electron chi connectivity index (χ4n) is 0.371. The van der Waals surface area contributed by atoms with Gasteiger partial charge in [-0.2, -0.15) is 0 Å². The van der Waals surface area contributed by atoms with Crippen molar-refractivity contribution in [2.24, 2.45) is 0 Å². The summed E-state index contributed by atoms with van der Waals surface area (Å²) in [4.78, 5) is 20.3. The zero-order valence-corrected chi connectivity index (χ0v) is 9.02. The summed E-state index contributed by atoms with van der Waals surface area (Å²) < 4.78 is 8.95. The van der Waals surface area contributed by atoms with E-state index in [9.17, 15) is 9.59 Å². The highest BCUT2D eigenvalue weighted by molar-refractivity contribution is 6.40. The van der Waals surface area contributed by atoms with Crippen LogP contribution in [0.5, 0.6) is 0 Å². The van der Waals surface area contributed by atoms with Crippen molar-refractivity contribution in [3.63, 3.8) is 0 Å².